The molecule has 1 aromatic heterocycles. The van der Waals surface area contributed by atoms with Crippen LogP contribution in [0, 0.1) is 12.3 Å². The molecule has 0 saturated heterocycles. The Kier molecular flexibility index (Phi) is 6.94. The lowest BCUT2D eigenvalue weighted by Crippen LogP contribution is -2.22. The molecule has 0 aliphatic carbocycles. The molecule has 3 rings (SSSR count). The van der Waals surface area contributed by atoms with Gasteiger partial charge in [-0.25, -0.2) is 0 Å². The molecule has 1 aromatic carbocycles. The summed E-state index contributed by atoms with van der Waals surface area (Å²) in [5, 5.41) is 0. The van der Waals surface area contributed by atoms with Crippen LogP contribution in [0.2, 0.25) is 0 Å². The zero-order valence-electron chi connectivity index (χ0n) is 13.8. The first-order valence-corrected chi connectivity index (χ1v) is 7.89. The number of fused-ring (bicyclic) bond motifs is 1. The van der Waals surface area contributed by atoms with Crippen molar-refractivity contribution in [3.05, 3.63) is 71.6 Å². The number of ether oxygens (including phenoxy) is 1. The lowest BCUT2D eigenvalue weighted by atomic mass is 9.92. The van der Waals surface area contributed by atoms with Crippen molar-refractivity contribution in [2.45, 2.75) is 19.3 Å². The van der Waals surface area contributed by atoms with Crippen LogP contribution in [0.4, 0.5) is 0 Å². The molecule has 2 heterocycles. The minimum Gasteiger partial charge on any atom is -0.376 e. The van der Waals surface area contributed by atoms with Gasteiger partial charge in [-0.2, -0.15) is 0 Å². The van der Waals surface area contributed by atoms with E-state index in [1.54, 1.807) is 13.1 Å². The molecule has 0 saturated carbocycles. The van der Waals surface area contributed by atoms with Crippen molar-refractivity contribution in [2.75, 3.05) is 13.2 Å². The Hall–Kier alpha value is -2.70. The van der Waals surface area contributed by atoms with E-state index < -0.39 is 0 Å². The lowest BCUT2D eigenvalue weighted by Gasteiger charge is -2.17. The Morgan fingerprint density at radius 2 is 1.96 bits per heavy atom. The number of aromatic nitrogens is 1. The summed E-state index contributed by atoms with van der Waals surface area (Å²) in [4.78, 5) is 17.0. The maximum atomic E-state index is 12.7. The summed E-state index contributed by atoms with van der Waals surface area (Å²) in [6, 6.07) is 13.6. The van der Waals surface area contributed by atoms with Crippen molar-refractivity contribution < 1.29 is 9.53 Å². The second kappa shape index (κ2) is 9.44. The van der Waals surface area contributed by atoms with E-state index in [-0.39, 0.29) is 11.7 Å². The number of benzene rings is 1. The molecule has 0 amide bonds. The number of ketones is 1. The third kappa shape index (κ3) is 4.91. The summed E-state index contributed by atoms with van der Waals surface area (Å²) in [6.07, 6.45) is 10.7. The molecule has 0 spiro atoms. The van der Waals surface area contributed by atoms with Crippen molar-refractivity contribution in [3.63, 3.8) is 0 Å². The van der Waals surface area contributed by atoms with Gasteiger partial charge in [-0.05, 0) is 30.2 Å². The predicted octanol–water partition coefficient (Wildman–Crippen LogP) is 3.66. The molecule has 0 radical (unpaired) electrons. The Balaban J connectivity index is 0.000000647. The van der Waals surface area contributed by atoms with Crippen molar-refractivity contribution in [2.24, 2.45) is 0 Å². The second-order valence-corrected chi connectivity index (χ2v) is 5.38. The number of carbonyl (C=O) groups is 1. The summed E-state index contributed by atoms with van der Waals surface area (Å²) < 4.78 is 5.61. The van der Waals surface area contributed by atoms with Gasteiger partial charge in [0, 0.05) is 12.6 Å². The van der Waals surface area contributed by atoms with E-state index in [0.717, 1.165) is 16.8 Å². The molecule has 0 N–H and O–H groups in total. The molecule has 2 aromatic rings. The average Bonchev–Trinajstić information content (AvgIpc) is 2.61. The third-order valence-corrected chi connectivity index (χ3v) is 3.65. The first-order valence-electron chi connectivity index (χ1n) is 7.89. The van der Waals surface area contributed by atoms with E-state index in [2.05, 4.69) is 17.3 Å². The van der Waals surface area contributed by atoms with Crippen LogP contribution >= 0.6 is 0 Å². The molecule has 122 valence electrons. The van der Waals surface area contributed by atoms with Crippen LogP contribution in [-0.4, -0.2) is 24.0 Å². The van der Waals surface area contributed by atoms with E-state index >= 15 is 0 Å². The summed E-state index contributed by atoms with van der Waals surface area (Å²) >= 11 is 0. The van der Waals surface area contributed by atoms with Crippen LogP contribution in [-0.2, 0) is 16.0 Å². The zero-order valence-corrected chi connectivity index (χ0v) is 13.8. The molecule has 3 nitrogen and oxygen atoms in total. The van der Waals surface area contributed by atoms with E-state index in [9.17, 15) is 4.79 Å². The van der Waals surface area contributed by atoms with E-state index in [0.29, 0.717) is 19.6 Å². The number of carbonyl (C=O) groups excluding carboxylic acids is 1. The van der Waals surface area contributed by atoms with Gasteiger partial charge in [-0.1, -0.05) is 42.5 Å². The van der Waals surface area contributed by atoms with Crippen LogP contribution < -0.4 is 0 Å². The van der Waals surface area contributed by atoms with Crippen LogP contribution in [0.5, 0.6) is 0 Å². The molecular weight excluding hydrogens is 298 g/mol. The number of rotatable bonds is 1. The molecule has 1 aliphatic heterocycles. The maximum absolute atomic E-state index is 12.7. The lowest BCUT2D eigenvalue weighted by molar-refractivity contribution is -0.121. The molecule has 1 unspecified atom stereocenters. The van der Waals surface area contributed by atoms with Crippen LogP contribution in [0.3, 0.4) is 0 Å². The Labute approximate surface area is 143 Å². The largest absolute Gasteiger partial charge is 0.376 e. The number of hydrogen-bond acceptors (Lipinski definition) is 3. The molecule has 24 heavy (non-hydrogen) atoms. The van der Waals surface area contributed by atoms with Crippen molar-refractivity contribution >= 4 is 11.9 Å². The van der Waals surface area contributed by atoms with Gasteiger partial charge in [0.25, 0.3) is 0 Å². The highest BCUT2D eigenvalue weighted by Crippen LogP contribution is 2.21. The van der Waals surface area contributed by atoms with Gasteiger partial charge < -0.3 is 4.74 Å². The predicted molar refractivity (Wildman–Crippen MR) is 96.5 cm³/mol. The minimum atomic E-state index is -0.300. The summed E-state index contributed by atoms with van der Waals surface area (Å²) in [5.74, 6) is 2.10. The van der Waals surface area contributed by atoms with Gasteiger partial charge >= 0.3 is 0 Å². The SMILES string of the molecule is C#CC.O=C1Cc2ccccc2/C=C\COCC1c1ccccn1. The van der Waals surface area contributed by atoms with E-state index in [1.165, 1.54) is 0 Å². The number of terminal acetylenes is 1. The van der Waals surface area contributed by atoms with Crippen molar-refractivity contribution in [1.82, 2.24) is 4.98 Å². The number of nitrogens with zero attached hydrogens (tertiary/aromatic N) is 1. The maximum Gasteiger partial charge on any atom is 0.148 e. The highest BCUT2D eigenvalue weighted by molar-refractivity contribution is 5.88. The second-order valence-electron chi connectivity index (χ2n) is 5.38. The highest BCUT2D eigenvalue weighted by atomic mass is 16.5. The molecule has 1 aliphatic rings. The topological polar surface area (TPSA) is 39.2 Å². The van der Waals surface area contributed by atoms with Gasteiger partial charge in [-0.3, -0.25) is 9.78 Å². The van der Waals surface area contributed by atoms with Gasteiger partial charge in [0.05, 0.1) is 24.8 Å². The van der Waals surface area contributed by atoms with Crippen LogP contribution in [0.25, 0.3) is 6.08 Å². The minimum absolute atomic E-state index is 0.149. The van der Waals surface area contributed by atoms with Crippen molar-refractivity contribution in [3.8, 4) is 12.3 Å². The van der Waals surface area contributed by atoms with Gasteiger partial charge in [-0.15, -0.1) is 12.3 Å². The number of Topliss-reactive ketones (excluding diaryl/α,β-unsaturated/α-hetero) is 1. The van der Waals surface area contributed by atoms with Gasteiger partial charge in [0.15, 0.2) is 0 Å². The fraction of sp³-hybridized carbons (Fsp3) is 0.238. The normalized spacial score (nSPS) is 18.3. The van der Waals surface area contributed by atoms with Crippen LogP contribution in [0.1, 0.15) is 29.7 Å². The monoisotopic (exact) mass is 319 g/mol. The third-order valence-electron chi connectivity index (χ3n) is 3.65. The molecule has 0 bridgehead atoms. The van der Waals surface area contributed by atoms with E-state index in [4.69, 9.17) is 4.74 Å². The average molecular weight is 319 g/mol. The smallest absolute Gasteiger partial charge is 0.148 e. The first kappa shape index (κ1) is 17.7. The molecule has 1 atom stereocenters. The number of pyridine rings is 1. The fourth-order valence-electron chi connectivity index (χ4n) is 2.52. The first-order chi connectivity index (χ1) is 11.8. The highest BCUT2D eigenvalue weighted by Gasteiger charge is 2.23. The molecular formula is C21H21NO2. The summed E-state index contributed by atoms with van der Waals surface area (Å²) in [5.41, 5.74) is 2.92. The molecule has 0 fully saturated rings. The Bertz CT molecular complexity index is 729. The quantitative estimate of drug-likeness (QED) is 0.753. The zero-order chi connectivity index (χ0) is 17.2. The molecule has 3 heteroatoms. The summed E-state index contributed by atoms with van der Waals surface area (Å²) in [7, 11) is 0. The summed E-state index contributed by atoms with van der Waals surface area (Å²) in [6.45, 7) is 2.54. The number of hydrogen-bond donors (Lipinski definition) is 0. The van der Waals surface area contributed by atoms with E-state index in [1.807, 2.05) is 54.6 Å². The van der Waals surface area contributed by atoms with Crippen molar-refractivity contribution in [1.29, 1.82) is 0 Å². The Morgan fingerprint density at radius 3 is 2.71 bits per heavy atom. The van der Waals surface area contributed by atoms with Gasteiger partial charge in [0.1, 0.15) is 5.78 Å². The fourth-order valence-corrected chi connectivity index (χ4v) is 2.52. The van der Waals surface area contributed by atoms with Gasteiger partial charge in [0.2, 0.25) is 0 Å². The standard InChI is InChI=1S/C18H17NO2.C3H4/c20-18-12-15-7-2-1-6-14(15)8-5-11-21-13-16(18)17-9-3-4-10-19-17;1-3-2/h1-10,16H,11-13H2;1H,2H3/b8-5-;. The Morgan fingerprint density at radius 1 is 1.21 bits per heavy atom. The van der Waals surface area contributed by atoms with Crippen LogP contribution in [0.15, 0.2) is 54.7 Å².